The van der Waals surface area contributed by atoms with Crippen LogP contribution in [0.4, 0.5) is 0 Å². The van der Waals surface area contributed by atoms with Gasteiger partial charge in [-0.3, -0.25) is 0 Å². The van der Waals surface area contributed by atoms with Crippen molar-refractivity contribution in [1.82, 2.24) is 0 Å². The van der Waals surface area contributed by atoms with Crippen molar-refractivity contribution in [2.75, 3.05) is 0 Å². The van der Waals surface area contributed by atoms with Gasteiger partial charge in [0.25, 0.3) is 0 Å². The Kier molecular flexibility index (Phi) is 3.06. The highest BCUT2D eigenvalue weighted by atomic mass is 16.3. The Morgan fingerprint density at radius 2 is 1.54 bits per heavy atom. The smallest absolute Gasteiger partial charge is 0.0573 e. The largest absolute Gasteiger partial charge is 0.393 e. The van der Waals surface area contributed by atoms with E-state index >= 15 is 0 Å². The lowest BCUT2D eigenvalue weighted by Crippen LogP contribution is -2.45. The molecule has 0 amide bonds. The molecule has 0 aliphatic heterocycles. The maximum atomic E-state index is 9.96. The van der Waals surface area contributed by atoms with Crippen molar-refractivity contribution in [3.63, 3.8) is 0 Å². The van der Waals surface area contributed by atoms with Crippen LogP contribution < -0.4 is 0 Å². The minimum atomic E-state index is -0.159. The van der Waals surface area contributed by atoms with E-state index in [1.54, 1.807) is 0 Å². The summed E-state index contributed by atoms with van der Waals surface area (Å²) >= 11 is 0. The summed E-state index contributed by atoms with van der Waals surface area (Å²) in [6, 6.07) is 0. The fraction of sp³-hybridized carbons (Fsp3) is 1.00. The van der Waals surface area contributed by atoms with Crippen LogP contribution in [0.5, 0.6) is 0 Å². The van der Waals surface area contributed by atoms with E-state index in [1.165, 1.54) is 32.1 Å². The quantitative estimate of drug-likeness (QED) is 0.662. The topological polar surface area (TPSA) is 20.2 Å². The first kappa shape index (κ1) is 11.0. The third-order valence-corrected chi connectivity index (χ3v) is 4.04. The molecular weight excluding hydrogens is 160 g/mol. The van der Waals surface area contributed by atoms with Gasteiger partial charge in [-0.15, -0.1) is 0 Å². The zero-order valence-electron chi connectivity index (χ0n) is 9.56. The Morgan fingerprint density at radius 1 is 1.08 bits per heavy atom. The second kappa shape index (κ2) is 3.61. The molecule has 1 aliphatic rings. The van der Waals surface area contributed by atoms with Gasteiger partial charge in [-0.25, -0.2) is 0 Å². The molecule has 1 fully saturated rings. The average molecular weight is 184 g/mol. The SMILES string of the molecule is CC(O)C1(C(C)(C)C)CCCCC1. The van der Waals surface area contributed by atoms with Gasteiger partial charge in [-0.05, 0) is 25.2 Å². The molecule has 0 radical (unpaired) electrons. The molecule has 0 aromatic carbocycles. The predicted octanol–water partition coefficient (Wildman–Crippen LogP) is 3.36. The molecule has 1 unspecified atom stereocenters. The Hall–Kier alpha value is -0.0400. The van der Waals surface area contributed by atoms with Crippen molar-refractivity contribution >= 4 is 0 Å². The van der Waals surface area contributed by atoms with Gasteiger partial charge in [0.1, 0.15) is 0 Å². The van der Waals surface area contributed by atoms with E-state index in [0.717, 1.165) is 0 Å². The van der Waals surface area contributed by atoms with Crippen LogP contribution in [-0.2, 0) is 0 Å². The van der Waals surface area contributed by atoms with Gasteiger partial charge in [-0.2, -0.15) is 0 Å². The highest BCUT2D eigenvalue weighted by Crippen LogP contribution is 2.51. The molecule has 0 aromatic rings. The molecule has 1 nitrogen and oxygen atoms in total. The summed E-state index contributed by atoms with van der Waals surface area (Å²) in [5, 5.41) is 9.96. The molecule has 0 aromatic heterocycles. The fourth-order valence-corrected chi connectivity index (χ4v) is 2.98. The zero-order chi connectivity index (χ0) is 10.1. The summed E-state index contributed by atoms with van der Waals surface area (Å²) in [6.45, 7) is 8.78. The number of hydrogen-bond acceptors (Lipinski definition) is 1. The van der Waals surface area contributed by atoms with Crippen molar-refractivity contribution < 1.29 is 5.11 Å². The van der Waals surface area contributed by atoms with E-state index in [2.05, 4.69) is 20.8 Å². The number of aliphatic hydroxyl groups excluding tert-OH is 1. The Bertz CT molecular complexity index is 158. The molecule has 1 aliphatic carbocycles. The first-order chi connectivity index (χ1) is 5.90. The Morgan fingerprint density at radius 3 is 1.77 bits per heavy atom. The molecule has 1 rings (SSSR count). The van der Waals surface area contributed by atoms with E-state index in [9.17, 15) is 5.11 Å². The second-order valence-electron chi connectivity index (χ2n) is 5.64. The molecule has 1 heteroatoms. The van der Waals surface area contributed by atoms with Crippen LogP contribution in [0.1, 0.15) is 59.8 Å². The molecule has 0 heterocycles. The van der Waals surface area contributed by atoms with E-state index < -0.39 is 0 Å². The lowest BCUT2D eigenvalue weighted by Gasteiger charge is -2.49. The van der Waals surface area contributed by atoms with E-state index in [-0.39, 0.29) is 16.9 Å². The zero-order valence-corrected chi connectivity index (χ0v) is 9.56. The Labute approximate surface area is 82.5 Å². The molecule has 1 N–H and O–H groups in total. The minimum Gasteiger partial charge on any atom is -0.393 e. The monoisotopic (exact) mass is 184 g/mol. The third kappa shape index (κ3) is 1.90. The second-order valence-corrected chi connectivity index (χ2v) is 5.64. The van der Waals surface area contributed by atoms with Crippen LogP contribution in [-0.4, -0.2) is 11.2 Å². The number of rotatable bonds is 1. The van der Waals surface area contributed by atoms with E-state index in [4.69, 9.17) is 0 Å². The highest BCUT2D eigenvalue weighted by molar-refractivity contribution is 4.95. The minimum absolute atomic E-state index is 0.159. The predicted molar refractivity (Wildman–Crippen MR) is 56.7 cm³/mol. The summed E-state index contributed by atoms with van der Waals surface area (Å²) in [4.78, 5) is 0. The summed E-state index contributed by atoms with van der Waals surface area (Å²) in [7, 11) is 0. The van der Waals surface area contributed by atoms with Crippen molar-refractivity contribution in [2.45, 2.75) is 65.9 Å². The molecule has 0 saturated heterocycles. The molecule has 0 spiro atoms. The first-order valence-corrected chi connectivity index (χ1v) is 5.58. The summed E-state index contributed by atoms with van der Waals surface area (Å²) in [6.07, 6.45) is 6.19. The highest BCUT2D eigenvalue weighted by Gasteiger charge is 2.45. The van der Waals surface area contributed by atoms with Crippen LogP contribution in [0.2, 0.25) is 0 Å². The fourth-order valence-electron chi connectivity index (χ4n) is 2.98. The maximum absolute atomic E-state index is 9.96. The van der Waals surface area contributed by atoms with Crippen molar-refractivity contribution in [3.8, 4) is 0 Å². The normalized spacial score (nSPS) is 25.6. The van der Waals surface area contributed by atoms with Gasteiger partial charge in [0.2, 0.25) is 0 Å². The Balaban J connectivity index is 2.86. The number of aliphatic hydroxyl groups is 1. The molecule has 0 bridgehead atoms. The summed E-state index contributed by atoms with van der Waals surface area (Å²) < 4.78 is 0. The van der Waals surface area contributed by atoms with Gasteiger partial charge in [0, 0.05) is 5.41 Å². The van der Waals surface area contributed by atoms with Gasteiger partial charge in [0.15, 0.2) is 0 Å². The van der Waals surface area contributed by atoms with Gasteiger partial charge >= 0.3 is 0 Å². The molecule has 13 heavy (non-hydrogen) atoms. The lowest BCUT2D eigenvalue weighted by molar-refractivity contribution is -0.0711. The van der Waals surface area contributed by atoms with Crippen LogP contribution in [0.25, 0.3) is 0 Å². The summed E-state index contributed by atoms with van der Waals surface area (Å²) in [5.74, 6) is 0. The van der Waals surface area contributed by atoms with Crippen LogP contribution in [0, 0.1) is 10.8 Å². The van der Waals surface area contributed by atoms with E-state index in [0.29, 0.717) is 0 Å². The molecular formula is C12H24O. The van der Waals surface area contributed by atoms with Gasteiger partial charge in [-0.1, -0.05) is 40.0 Å². The van der Waals surface area contributed by atoms with Crippen LogP contribution in [0.15, 0.2) is 0 Å². The average Bonchev–Trinajstić information content (AvgIpc) is 2.03. The van der Waals surface area contributed by atoms with E-state index in [1.807, 2.05) is 6.92 Å². The van der Waals surface area contributed by atoms with Crippen LogP contribution >= 0.6 is 0 Å². The molecule has 1 atom stereocenters. The molecule has 78 valence electrons. The summed E-state index contributed by atoms with van der Waals surface area (Å²) in [5.41, 5.74) is 0.410. The van der Waals surface area contributed by atoms with Crippen molar-refractivity contribution in [2.24, 2.45) is 10.8 Å². The van der Waals surface area contributed by atoms with Crippen LogP contribution in [0.3, 0.4) is 0 Å². The lowest BCUT2D eigenvalue weighted by atomic mass is 9.57. The standard InChI is InChI=1S/C12H24O/c1-10(13)12(11(2,3)4)8-6-5-7-9-12/h10,13H,5-9H2,1-4H3. The number of hydrogen-bond donors (Lipinski definition) is 1. The third-order valence-electron chi connectivity index (χ3n) is 4.04. The van der Waals surface area contributed by atoms with Crippen molar-refractivity contribution in [1.29, 1.82) is 0 Å². The first-order valence-electron chi connectivity index (χ1n) is 5.58. The maximum Gasteiger partial charge on any atom is 0.0573 e. The van der Waals surface area contributed by atoms with Gasteiger partial charge in [0.05, 0.1) is 6.10 Å². The molecule has 1 saturated carbocycles. The van der Waals surface area contributed by atoms with Crippen molar-refractivity contribution in [3.05, 3.63) is 0 Å². The van der Waals surface area contributed by atoms with Gasteiger partial charge < -0.3 is 5.11 Å².